The monoisotopic (exact) mass is 401 g/mol. The molecule has 0 radical (unpaired) electrons. The number of hydrogen-bond donors (Lipinski definition) is 1. The predicted octanol–water partition coefficient (Wildman–Crippen LogP) is 3.96. The quantitative estimate of drug-likeness (QED) is 0.608. The summed E-state index contributed by atoms with van der Waals surface area (Å²) in [6, 6.07) is 21.2. The van der Waals surface area contributed by atoms with Crippen LogP contribution >= 0.6 is 0 Å². The number of carbonyl (C=O) groups is 2. The van der Waals surface area contributed by atoms with Crippen LogP contribution < -0.4 is 5.32 Å². The maximum absolute atomic E-state index is 12.7. The van der Waals surface area contributed by atoms with Gasteiger partial charge in [-0.3, -0.25) is 9.59 Å². The molecule has 2 aliphatic carbocycles. The number of aromatic nitrogens is 2. The lowest BCUT2D eigenvalue weighted by molar-refractivity contribution is -0.150. The molecule has 0 unspecified atom stereocenters. The van der Waals surface area contributed by atoms with Gasteiger partial charge in [-0.15, -0.1) is 0 Å². The van der Waals surface area contributed by atoms with Crippen LogP contribution in [0.25, 0.3) is 5.69 Å². The molecule has 1 N–H and O–H groups in total. The van der Waals surface area contributed by atoms with Gasteiger partial charge in [0.2, 0.25) is 0 Å². The molecule has 0 aliphatic heterocycles. The zero-order chi connectivity index (χ0) is 20.6. The van der Waals surface area contributed by atoms with E-state index in [1.807, 2.05) is 66.7 Å². The summed E-state index contributed by atoms with van der Waals surface area (Å²) in [5, 5.41) is 7.54. The Hall–Kier alpha value is -3.41. The number of hydrogen-bond acceptors (Lipinski definition) is 4. The van der Waals surface area contributed by atoms with Crippen molar-refractivity contribution in [1.82, 2.24) is 9.78 Å². The molecule has 0 bridgehead atoms. The summed E-state index contributed by atoms with van der Waals surface area (Å²) in [5.41, 5.74) is 2.21. The summed E-state index contributed by atoms with van der Waals surface area (Å²) >= 11 is 0. The Kier molecular flexibility index (Phi) is 4.62. The molecule has 1 amide bonds. The smallest absolute Gasteiger partial charge is 0.317 e. The maximum atomic E-state index is 12.7. The average molecular weight is 401 g/mol. The summed E-state index contributed by atoms with van der Waals surface area (Å²) in [6.07, 6.45) is 3.75. The third-order valence-electron chi connectivity index (χ3n) is 5.79. The summed E-state index contributed by atoms with van der Waals surface area (Å²) in [7, 11) is 0. The molecule has 30 heavy (non-hydrogen) atoms. The van der Waals surface area contributed by atoms with E-state index in [1.54, 1.807) is 4.68 Å². The number of benzene rings is 2. The molecule has 3 aromatic rings. The van der Waals surface area contributed by atoms with Gasteiger partial charge in [-0.05, 0) is 43.4 Å². The molecule has 2 saturated carbocycles. The topological polar surface area (TPSA) is 73.2 Å². The number of ether oxygens (including phenoxy) is 1. The fourth-order valence-corrected chi connectivity index (χ4v) is 3.77. The maximum Gasteiger partial charge on any atom is 0.317 e. The Morgan fingerprint density at radius 2 is 1.70 bits per heavy atom. The minimum atomic E-state index is -0.591. The Bertz CT molecular complexity index is 1070. The summed E-state index contributed by atoms with van der Waals surface area (Å²) in [6.45, 7) is -0.313. The standard InChI is InChI=1S/C24H23N3O3/c28-22(16-30-23(29)24(13-14-24)18-7-3-1-4-8-18)25-21-15-20(17-11-12-17)26-27(21)19-9-5-2-6-10-19/h1-10,15,17H,11-14,16H2,(H,25,28). The van der Waals surface area contributed by atoms with Crippen molar-refractivity contribution >= 4 is 17.7 Å². The molecule has 2 aromatic carbocycles. The van der Waals surface area contributed by atoms with Crippen molar-refractivity contribution in [3.8, 4) is 5.69 Å². The van der Waals surface area contributed by atoms with Crippen LogP contribution in [0.15, 0.2) is 66.7 Å². The fraction of sp³-hybridized carbons (Fsp3) is 0.292. The second-order valence-corrected chi connectivity index (χ2v) is 8.05. The highest BCUT2D eigenvalue weighted by atomic mass is 16.5. The lowest BCUT2D eigenvalue weighted by Crippen LogP contribution is -2.28. The van der Waals surface area contributed by atoms with E-state index >= 15 is 0 Å². The van der Waals surface area contributed by atoms with Gasteiger partial charge in [0.25, 0.3) is 5.91 Å². The van der Waals surface area contributed by atoms with Crippen LogP contribution in [0.2, 0.25) is 0 Å². The van der Waals surface area contributed by atoms with Gasteiger partial charge < -0.3 is 10.1 Å². The predicted molar refractivity (Wildman–Crippen MR) is 112 cm³/mol. The second-order valence-electron chi connectivity index (χ2n) is 8.05. The van der Waals surface area contributed by atoms with E-state index in [4.69, 9.17) is 4.74 Å². The Morgan fingerprint density at radius 3 is 2.33 bits per heavy atom. The second kappa shape index (κ2) is 7.44. The highest BCUT2D eigenvalue weighted by molar-refractivity contribution is 5.94. The first-order valence-corrected chi connectivity index (χ1v) is 10.3. The minimum absolute atomic E-state index is 0.313. The zero-order valence-corrected chi connectivity index (χ0v) is 16.6. The lowest BCUT2D eigenvalue weighted by Gasteiger charge is -2.15. The first-order chi connectivity index (χ1) is 14.7. The normalized spacial score (nSPS) is 16.7. The third-order valence-corrected chi connectivity index (χ3v) is 5.79. The van der Waals surface area contributed by atoms with Crippen molar-refractivity contribution in [3.05, 3.63) is 78.0 Å². The number of nitrogens with zero attached hydrogens (tertiary/aromatic N) is 2. The number of anilines is 1. The molecule has 1 aromatic heterocycles. The number of nitrogens with one attached hydrogen (secondary N) is 1. The largest absolute Gasteiger partial charge is 0.455 e. The molecule has 0 saturated heterocycles. The number of rotatable bonds is 7. The molecule has 2 fully saturated rings. The number of carbonyl (C=O) groups excluding carboxylic acids is 2. The highest BCUT2D eigenvalue weighted by Crippen LogP contribution is 2.49. The highest BCUT2D eigenvalue weighted by Gasteiger charge is 2.52. The van der Waals surface area contributed by atoms with Crippen LogP contribution in [0.1, 0.15) is 42.9 Å². The lowest BCUT2D eigenvalue weighted by atomic mass is 9.96. The van der Waals surface area contributed by atoms with Gasteiger partial charge in [0.1, 0.15) is 5.82 Å². The van der Waals surface area contributed by atoms with Crippen LogP contribution in [0, 0.1) is 0 Å². The van der Waals surface area contributed by atoms with Crippen LogP contribution in [0.4, 0.5) is 5.82 Å². The van der Waals surface area contributed by atoms with Gasteiger partial charge in [-0.2, -0.15) is 5.10 Å². The third kappa shape index (κ3) is 3.61. The van der Waals surface area contributed by atoms with Crippen LogP contribution in [0.3, 0.4) is 0 Å². The molecule has 1 heterocycles. The molecular weight excluding hydrogens is 378 g/mol. The van der Waals surface area contributed by atoms with Gasteiger partial charge in [-0.25, -0.2) is 4.68 Å². The molecule has 152 valence electrons. The Labute approximate surface area is 174 Å². The Morgan fingerprint density at radius 1 is 1.03 bits per heavy atom. The fourth-order valence-electron chi connectivity index (χ4n) is 3.77. The van der Waals surface area contributed by atoms with E-state index in [-0.39, 0.29) is 18.5 Å². The van der Waals surface area contributed by atoms with Crippen molar-refractivity contribution in [3.63, 3.8) is 0 Å². The van der Waals surface area contributed by atoms with Gasteiger partial charge in [0.05, 0.1) is 16.8 Å². The van der Waals surface area contributed by atoms with Crippen LogP contribution in [-0.4, -0.2) is 28.3 Å². The molecule has 6 nitrogen and oxygen atoms in total. The molecular formula is C24H23N3O3. The summed E-state index contributed by atoms with van der Waals surface area (Å²) in [4.78, 5) is 25.2. The van der Waals surface area contributed by atoms with E-state index in [0.717, 1.165) is 42.6 Å². The van der Waals surface area contributed by atoms with Crippen LogP contribution in [-0.2, 0) is 19.7 Å². The molecule has 0 spiro atoms. The van der Waals surface area contributed by atoms with Crippen molar-refractivity contribution in [2.45, 2.75) is 37.0 Å². The number of esters is 1. The van der Waals surface area contributed by atoms with Gasteiger partial charge in [0.15, 0.2) is 6.61 Å². The van der Waals surface area contributed by atoms with E-state index < -0.39 is 5.41 Å². The summed E-state index contributed by atoms with van der Waals surface area (Å²) in [5.74, 6) is 0.350. The van der Waals surface area contributed by atoms with E-state index in [1.165, 1.54) is 0 Å². The average Bonchev–Trinajstić information content (AvgIpc) is 3.71. The molecule has 6 heteroatoms. The van der Waals surface area contributed by atoms with Crippen molar-refractivity contribution in [2.75, 3.05) is 11.9 Å². The van der Waals surface area contributed by atoms with E-state index in [9.17, 15) is 9.59 Å². The first kappa shape index (κ1) is 18.6. The number of amides is 1. The molecule has 5 rings (SSSR count). The minimum Gasteiger partial charge on any atom is -0.455 e. The molecule has 2 aliphatic rings. The SMILES string of the molecule is O=C(COC(=O)C1(c2ccccc2)CC1)Nc1cc(C2CC2)nn1-c1ccccc1. The number of para-hydroxylation sites is 1. The van der Waals surface area contributed by atoms with Gasteiger partial charge in [0, 0.05) is 12.0 Å². The van der Waals surface area contributed by atoms with Crippen molar-refractivity contribution in [1.29, 1.82) is 0 Å². The van der Waals surface area contributed by atoms with Crippen LogP contribution in [0.5, 0.6) is 0 Å². The van der Waals surface area contributed by atoms with Crippen molar-refractivity contribution in [2.24, 2.45) is 0 Å². The van der Waals surface area contributed by atoms with E-state index in [0.29, 0.717) is 11.7 Å². The molecule has 0 atom stereocenters. The van der Waals surface area contributed by atoms with Crippen molar-refractivity contribution < 1.29 is 14.3 Å². The van der Waals surface area contributed by atoms with Gasteiger partial charge >= 0.3 is 5.97 Å². The first-order valence-electron chi connectivity index (χ1n) is 10.3. The Balaban J connectivity index is 1.27. The zero-order valence-electron chi connectivity index (χ0n) is 16.6. The van der Waals surface area contributed by atoms with Gasteiger partial charge in [-0.1, -0.05) is 48.5 Å². The van der Waals surface area contributed by atoms with E-state index in [2.05, 4.69) is 10.4 Å². The summed E-state index contributed by atoms with van der Waals surface area (Å²) < 4.78 is 7.13.